The second kappa shape index (κ2) is 10.5. The Morgan fingerprint density at radius 3 is 2.50 bits per heavy atom. The molecule has 1 aliphatic carbocycles. The minimum Gasteiger partial charge on any atom is -0.425 e. The van der Waals surface area contributed by atoms with E-state index in [1.54, 1.807) is 12.1 Å². The number of fused-ring (bicyclic) bond motifs is 1. The van der Waals surface area contributed by atoms with Crippen molar-refractivity contribution in [2.24, 2.45) is 0 Å². The van der Waals surface area contributed by atoms with Crippen LogP contribution in [0.5, 0.6) is 5.75 Å². The molecule has 174 valence electrons. The summed E-state index contributed by atoms with van der Waals surface area (Å²) in [6.45, 7) is 0.276. The van der Waals surface area contributed by atoms with Gasteiger partial charge in [-0.15, -0.1) is 0 Å². The first-order valence-electron chi connectivity index (χ1n) is 11.9. The quantitative estimate of drug-likeness (QED) is 0.266. The fourth-order valence-corrected chi connectivity index (χ4v) is 4.44. The van der Waals surface area contributed by atoms with E-state index >= 15 is 0 Å². The molecule has 0 aliphatic heterocycles. The molecule has 0 atom stereocenters. The maximum absolute atomic E-state index is 12.2. The first kappa shape index (κ1) is 22.2. The van der Waals surface area contributed by atoms with Gasteiger partial charge < -0.3 is 14.8 Å². The predicted molar refractivity (Wildman–Crippen MR) is 133 cm³/mol. The molecular formula is C28H29N3O3. The van der Waals surface area contributed by atoms with Gasteiger partial charge in [0.25, 0.3) is 0 Å². The van der Waals surface area contributed by atoms with Crippen LogP contribution >= 0.6 is 0 Å². The number of carbonyl (C=O) groups excluding carboxylic acids is 1. The molecule has 6 heteroatoms. The van der Waals surface area contributed by atoms with E-state index in [2.05, 4.69) is 9.72 Å². The van der Waals surface area contributed by atoms with Crippen molar-refractivity contribution < 1.29 is 14.3 Å². The van der Waals surface area contributed by atoms with Crippen molar-refractivity contribution in [1.82, 2.24) is 9.38 Å². The van der Waals surface area contributed by atoms with Crippen molar-refractivity contribution >= 4 is 17.4 Å². The standard InChI is InChI=1S/C28H29N3O3/c32-26(20-33-19-21-9-3-1-4-10-21)34-24-16-14-22(15-17-24)27-28(29-23-11-5-2-6-12-23)31-18-8-7-13-25(31)30-27/h1,3-4,7-10,13-18,23,29H,2,5-6,11-12,19-20H2. The number of benzene rings is 2. The highest BCUT2D eigenvalue weighted by atomic mass is 16.6. The molecule has 2 heterocycles. The maximum atomic E-state index is 12.2. The van der Waals surface area contributed by atoms with Crippen molar-refractivity contribution in [3.05, 3.63) is 84.6 Å². The van der Waals surface area contributed by atoms with E-state index < -0.39 is 5.97 Å². The Morgan fingerprint density at radius 1 is 0.941 bits per heavy atom. The Balaban J connectivity index is 1.27. The molecule has 0 unspecified atom stereocenters. The summed E-state index contributed by atoms with van der Waals surface area (Å²) in [5, 5.41) is 3.75. The number of anilines is 1. The summed E-state index contributed by atoms with van der Waals surface area (Å²) in [6, 6.07) is 23.7. The number of imidazole rings is 1. The van der Waals surface area contributed by atoms with E-state index in [-0.39, 0.29) is 6.61 Å². The average Bonchev–Trinajstić information content (AvgIpc) is 3.24. The minimum atomic E-state index is -0.420. The van der Waals surface area contributed by atoms with E-state index in [0.717, 1.165) is 28.3 Å². The summed E-state index contributed by atoms with van der Waals surface area (Å²) in [7, 11) is 0. The SMILES string of the molecule is O=C(COCc1ccccc1)Oc1ccc(-c2nc3ccccn3c2NC2CCCCC2)cc1. The van der Waals surface area contributed by atoms with Crippen LogP contribution in [0.15, 0.2) is 79.0 Å². The third-order valence-corrected chi connectivity index (χ3v) is 6.17. The average molecular weight is 456 g/mol. The van der Waals surface area contributed by atoms with Crippen molar-refractivity contribution in [1.29, 1.82) is 0 Å². The number of pyridine rings is 1. The number of ether oxygens (including phenoxy) is 2. The Labute approximate surface area is 199 Å². The molecule has 5 rings (SSSR count). The molecule has 0 radical (unpaired) electrons. The number of aromatic nitrogens is 2. The number of nitrogens with one attached hydrogen (secondary N) is 1. The van der Waals surface area contributed by atoms with Gasteiger partial charge in [-0.3, -0.25) is 4.40 Å². The topological polar surface area (TPSA) is 64.9 Å². The van der Waals surface area contributed by atoms with Crippen LogP contribution in [-0.2, 0) is 16.1 Å². The largest absolute Gasteiger partial charge is 0.425 e. The van der Waals surface area contributed by atoms with Crippen LogP contribution < -0.4 is 10.1 Å². The Bertz CT molecular complexity index is 1230. The molecule has 0 spiro atoms. The monoisotopic (exact) mass is 455 g/mol. The van der Waals surface area contributed by atoms with Crippen LogP contribution in [0.1, 0.15) is 37.7 Å². The molecule has 0 saturated heterocycles. The fourth-order valence-electron chi connectivity index (χ4n) is 4.44. The van der Waals surface area contributed by atoms with Gasteiger partial charge in [0, 0.05) is 17.8 Å². The Kier molecular flexibility index (Phi) is 6.86. The lowest BCUT2D eigenvalue weighted by molar-refractivity contribution is -0.139. The van der Waals surface area contributed by atoms with Crippen molar-refractivity contribution in [2.75, 3.05) is 11.9 Å². The van der Waals surface area contributed by atoms with Gasteiger partial charge in [-0.2, -0.15) is 0 Å². The van der Waals surface area contributed by atoms with Gasteiger partial charge in [0.05, 0.1) is 6.61 Å². The third-order valence-electron chi connectivity index (χ3n) is 6.17. The summed E-state index contributed by atoms with van der Waals surface area (Å²) in [5.41, 5.74) is 3.80. The zero-order valence-corrected chi connectivity index (χ0v) is 19.2. The van der Waals surface area contributed by atoms with Crippen LogP contribution in [-0.4, -0.2) is 28.0 Å². The Morgan fingerprint density at radius 2 is 1.71 bits per heavy atom. The lowest BCUT2D eigenvalue weighted by atomic mass is 9.95. The number of nitrogens with zero attached hydrogens (tertiary/aromatic N) is 2. The maximum Gasteiger partial charge on any atom is 0.337 e. The zero-order chi connectivity index (χ0) is 23.2. The normalized spacial score (nSPS) is 14.2. The number of esters is 1. The molecule has 34 heavy (non-hydrogen) atoms. The molecular weight excluding hydrogens is 426 g/mol. The third kappa shape index (κ3) is 5.29. The van der Waals surface area contributed by atoms with Gasteiger partial charge in [0.15, 0.2) is 0 Å². The second-order valence-corrected chi connectivity index (χ2v) is 8.69. The lowest BCUT2D eigenvalue weighted by Crippen LogP contribution is -2.23. The second-order valence-electron chi connectivity index (χ2n) is 8.69. The summed E-state index contributed by atoms with van der Waals surface area (Å²) in [4.78, 5) is 17.1. The van der Waals surface area contributed by atoms with Gasteiger partial charge in [0.1, 0.15) is 29.5 Å². The molecule has 2 aromatic carbocycles. The minimum absolute atomic E-state index is 0.0987. The van der Waals surface area contributed by atoms with E-state index in [4.69, 9.17) is 14.5 Å². The summed E-state index contributed by atoms with van der Waals surface area (Å²) in [5.74, 6) is 1.08. The number of hydrogen-bond donors (Lipinski definition) is 1. The molecule has 1 saturated carbocycles. The molecule has 0 amide bonds. The summed E-state index contributed by atoms with van der Waals surface area (Å²) >= 11 is 0. The predicted octanol–water partition coefficient (Wildman–Crippen LogP) is 5.87. The summed E-state index contributed by atoms with van der Waals surface area (Å²) < 4.78 is 13.0. The number of carbonyl (C=O) groups is 1. The van der Waals surface area contributed by atoms with Gasteiger partial charge >= 0.3 is 5.97 Å². The van der Waals surface area contributed by atoms with E-state index in [1.807, 2.05) is 66.9 Å². The van der Waals surface area contributed by atoms with Gasteiger partial charge in [0.2, 0.25) is 0 Å². The highest BCUT2D eigenvalue weighted by molar-refractivity contribution is 5.78. The van der Waals surface area contributed by atoms with E-state index in [9.17, 15) is 4.79 Å². The van der Waals surface area contributed by atoms with E-state index in [0.29, 0.717) is 18.4 Å². The molecule has 0 bridgehead atoms. The van der Waals surface area contributed by atoms with Crippen LogP contribution in [0.25, 0.3) is 16.9 Å². The van der Waals surface area contributed by atoms with Crippen molar-refractivity contribution in [2.45, 2.75) is 44.8 Å². The lowest BCUT2D eigenvalue weighted by Gasteiger charge is -2.24. The first-order valence-corrected chi connectivity index (χ1v) is 11.9. The molecule has 1 N–H and O–H groups in total. The number of rotatable bonds is 8. The van der Waals surface area contributed by atoms with E-state index in [1.165, 1.54) is 32.1 Å². The van der Waals surface area contributed by atoms with Gasteiger partial charge in [-0.1, -0.05) is 55.7 Å². The van der Waals surface area contributed by atoms with Gasteiger partial charge in [-0.05, 0) is 54.8 Å². The molecule has 4 aromatic rings. The van der Waals surface area contributed by atoms with Crippen LogP contribution in [0.3, 0.4) is 0 Å². The van der Waals surface area contributed by atoms with Crippen molar-refractivity contribution in [3.63, 3.8) is 0 Å². The highest BCUT2D eigenvalue weighted by Gasteiger charge is 2.19. The Hall–Kier alpha value is -3.64. The van der Waals surface area contributed by atoms with Crippen LogP contribution in [0.4, 0.5) is 5.82 Å². The first-order chi connectivity index (χ1) is 16.8. The van der Waals surface area contributed by atoms with Crippen LogP contribution in [0.2, 0.25) is 0 Å². The molecule has 2 aromatic heterocycles. The molecule has 6 nitrogen and oxygen atoms in total. The number of hydrogen-bond acceptors (Lipinski definition) is 5. The van der Waals surface area contributed by atoms with Crippen molar-refractivity contribution in [3.8, 4) is 17.0 Å². The highest BCUT2D eigenvalue weighted by Crippen LogP contribution is 2.32. The molecule has 1 aliphatic rings. The van der Waals surface area contributed by atoms with Gasteiger partial charge in [-0.25, -0.2) is 9.78 Å². The zero-order valence-electron chi connectivity index (χ0n) is 19.2. The molecule has 1 fully saturated rings. The smallest absolute Gasteiger partial charge is 0.337 e. The summed E-state index contributed by atoms with van der Waals surface area (Å²) in [6.07, 6.45) is 8.25. The fraction of sp³-hybridized carbons (Fsp3) is 0.286. The van der Waals surface area contributed by atoms with Crippen LogP contribution in [0, 0.1) is 0 Å².